The fourth-order valence-electron chi connectivity index (χ4n) is 3.43. The molecule has 6 nitrogen and oxygen atoms in total. The van der Waals surface area contributed by atoms with Crippen LogP contribution in [-0.2, 0) is 78.6 Å². The van der Waals surface area contributed by atoms with Gasteiger partial charge in [-0.3, -0.25) is 0 Å². The zero-order valence-corrected chi connectivity index (χ0v) is 36.7. The average molecular weight is 759 g/mol. The van der Waals surface area contributed by atoms with Crippen LogP contribution in [0.3, 0.4) is 0 Å². The fourth-order valence-corrected chi connectivity index (χ4v) is 11.1. The van der Waals surface area contributed by atoms with Crippen molar-refractivity contribution in [2.24, 2.45) is 0 Å². The van der Waals surface area contributed by atoms with Gasteiger partial charge in [0.15, 0.2) is 0 Å². The first kappa shape index (κ1) is 49.8. The summed E-state index contributed by atoms with van der Waals surface area (Å²) in [5.41, 5.74) is 0. The SMILES string of the molecule is CCCCCCS(CCCCCC)=P([O-])([O-])[O-].CCCCCCS(CCCCCC)=P([O-])([O-])[O-].[Zn+2].[Zn+2].[Zn+2]. The van der Waals surface area contributed by atoms with Crippen LogP contribution in [0, 0.1) is 0 Å². The van der Waals surface area contributed by atoms with E-state index in [0.717, 1.165) is 103 Å². The molecule has 13 heteroatoms. The molecule has 0 saturated carbocycles. The number of unbranched alkanes of at least 4 members (excludes halogenated alkanes) is 12. The molecule has 0 aromatic carbocycles. The standard InChI is InChI=1S/2C12H26O3PS.3Zn/c2*1-3-5-7-9-11-17(16(13,14)15)12-10-8-6-4-2;;;/h2*3-12H2,1-2H3;;;/q2*-3;3*+2. The van der Waals surface area contributed by atoms with Crippen molar-refractivity contribution in [3.05, 3.63) is 0 Å². The van der Waals surface area contributed by atoms with Crippen LogP contribution in [-0.4, -0.2) is 23.0 Å². The third-order valence-electron chi connectivity index (χ3n) is 5.57. The largest absolute Gasteiger partial charge is 2.00 e. The van der Waals surface area contributed by atoms with Crippen molar-refractivity contribution in [3.63, 3.8) is 0 Å². The van der Waals surface area contributed by atoms with Crippen molar-refractivity contribution in [2.45, 2.75) is 130 Å². The van der Waals surface area contributed by atoms with Gasteiger partial charge in [0, 0.05) is 0 Å². The summed E-state index contributed by atoms with van der Waals surface area (Å²) < 4.78 is 0. The van der Waals surface area contributed by atoms with E-state index in [1.807, 2.05) is 0 Å². The Bertz CT molecular complexity index is 496. The van der Waals surface area contributed by atoms with Gasteiger partial charge < -0.3 is 42.8 Å². The third kappa shape index (κ3) is 35.3. The van der Waals surface area contributed by atoms with E-state index in [-0.39, 0.29) is 58.4 Å². The number of rotatable bonds is 20. The van der Waals surface area contributed by atoms with Gasteiger partial charge in [0.2, 0.25) is 0 Å². The molecule has 0 unspecified atom stereocenters. The van der Waals surface area contributed by atoms with Gasteiger partial charge in [-0.1, -0.05) is 105 Å². The molecule has 0 N–H and O–H groups in total. The van der Waals surface area contributed by atoms with Gasteiger partial charge in [0.05, 0.1) is 0 Å². The molecule has 0 amide bonds. The van der Waals surface area contributed by atoms with Crippen molar-refractivity contribution in [1.29, 1.82) is 0 Å². The van der Waals surface area contributed by atoms with Gasteiger partial charge in [0.1, 0.15) is 0 Å². The van der Waals surface area contributed by atoms with Crippen molar-refractivity contribution in [3.8, 4) is 0 Å². The maximum atomic E-state index is 11.1. The Balaban J connectivity index is -0.000000171. The molecule has 0 saturated heterocycles. The van der Waals surface area contributed by atoms with Crippen LogP contribution in [0.25, 0.3) is 0 Å². The predicted octanol–water partition coefficient (Wildman–Crippen LogP) is 3.04. The smallest absolute Gasteiger partial charge is 0.848 e. The van der Waals surface area contributed by atoms with Crippen LogP contribution >= 0.6 is 13.4 Å². The first-order valence-electron chi connectivity index (χ1n) is 13.4. The molecular formula is C24H52O6P2S2Zn3. The number of hydrogen-bond acceptors (Lipinski definition) is 6. The zero-order valence-electron chi connectivity index (χ0n) is 24.4. The summed E-state index contributed by atoms with van der Waals surface area (Å²) in [6.07, 6.45) is 16.8. The van der Waals surface area contributed by atoms with Gasteiger partial charge in [-0.05, 0) is 48.7 Å². The van der Waals surface area contributed by atoms with E-state index >= 15 is 0 Å². The minimum Gasteiger partial charge on any atom is -0.848 e. The molecule has 0 aliphatic heterocycles. The quantitative estimate of drug-likeness (QED) is 0.106. The summed E-state index contributed by atoms with van der Waals surface area (Å²) in [4.78, 5) is 66.9. The Morgan fingerprint density at radius 3 is 0.676 bits per heavy atom. The molecule has 0 spiro atoms. The molecule has 37 heavy (non-hydrogen) atoms. The molecule has 0 aromatic rings. The molecule has 0 rings (SSSR count). The molecule has 0 aliphatic rings. The maximum absolute atomic E-state index is 11.1. The molecule has 0 aliphatic carbocycles. The van der Waals surface area contributed by atoms with Crippen LogP contribution in [0.1, 0.15) is 130 Å². The first-order chi connectivity index (χ1) is 16.0. The van der Waals surface area contributed by atoms with Crippen molar-refractivity contribution >= 4 is 33.6 Å². The van der Waals surface area contributed by atoms with Crippen molar-refractivity contribution in [2.75, 3.05) is 23.0 Å². The minimum absolute atomic E-state index is 0. The fraction of sp³-hybridized carbons (Fsp3) is 1.00. The first-order valence-corrected chi connectivity index (χ1v) is 20.9. The molecule has 0 atom stereocenters. The third-order valence-corrected chi connectivity index (χ3v) is 15.9. The van der Waals surface area contributed by atoms with E-state index in [2.05, 4.69) is 27.7 Å². The Morgan fingerprint density at radius 2 is 0.541 bits per heavy atom. The van der Waals surface area contributed by atoms with Crippen LogP contribution in [0.2, 0.25) is 0 Å². The molecule has 0 bridgehead atoms. The monoisotopic (exact) mass is 754 g/mol. The van der Waals surface area contributed by atoms with Crippen molar-refractivity contribution < 1.29 is 87.8 Å². The van der Waals surface area contributed by atoms with E-state index in [1.54, 1.807) is 0 Å². The average Bonchev–Trinajstić information content (AvgIpc) is 2.75. The summed E-state index contributed by atoms with van der Waals surface area (Å²) in [6, 6.07) is 0. The van der Waals surface area contributed by atoms with E-state index in [9.17, 15) is 29.4 Å². The van der Waals surface area contributed by atoms with Gasteiger partial charge in [-0.25, -0.2) is 20.1 Å². The topological polar surface area (TPSA) is 138 Å². The second kappa shape index (κ2) is 33.7. The molecule has 0 aromatic heterocycles. The van der Waals surface area contributed by atoms with Gasteiger partial charge in [-0.2, -0.15) is 0 Å². The Hall–Kier alpha value is 3.19. The molecule has 0 fully saturated rings. The van der Waals surface area contributed by atoms with Crippen molar-refractivity contribution in [1.82, 2.24) is 0 Å². The second-order valence-corrected chi connectivity index (χ2v) is 19.9. The molecule has 0 heterocycles. The summed E-state index contributed by atoms with van der Waals surface area (Å²) in [5, 5.41) is 0. The Labute approximate surface area is 272 Å². The van der Waals surface area contributed by atoms with E-state index < -0.39 is 33.6 Å². The normalized spacial score (nSPS) is 11.4. The molecule has 212 valence electrons. The summed E-state index contributed by atoms with van der Waals surface area (Å²) in [6.45, 7) is -0.204. The number of hydrogen-bond donors (Lipinski definition) is 0. The molecule has 0 radical (unpaired) electrons. The zero-order chi connectivity index (χ0) is 26.3. The summed E-state index contributed by atoms with van der Waals surface area (Å²) >= 11 is 0. The second-order valence-electron chi connectivity index (χ2n) is 8.88. The van der Waals surface area contributed by atoms with Crippen LogP contribution in [0.4, 0.5) is 0 Å². The maximum Gasteiger partial charge on any atom is 2.00 e. The van der Waals surface area contributed by atoms with E-state index in [1.165, 1.54) is 0 Å². The Morgan fingerprint density at radius 1 is 0.351 bits per heavy atom. The minimum atomic E-state index is -4.35. The van der Waals surface area contributed by atoms with Gasteiger partial charge in [-0.15, -0.1) is 0 Å². The Kier molecular flexibility index (Phi) is 45.4. The molecular weight excluding hydrogens is 707 g/mol. The van der Waals surface area contributed by atoms with E-state index in [4.69, 9.17) is 0 Å². The van der Waals surface area contributed by atoms with Gasteiger partial charge >= 0.3 is 58.4 Å². The van der Waals surface area contributed by atoms with Crippen LogP contribution in [0.15, 0.2) is 0 Å². The van der Waals surface area contributed by atoms with Crippen LogP contribution in [0.5, 0.6) is 0 Å². The predicted molar refractivity (Wildman–Crippen MR) is 145 cm³/mol. The summed E-state index contributed by atoms with van der Waals surface area (Å²) in [7, 11) is -1.81. The van der Waals surface area contributed by atoms with E-state index in [0.29, 0.717) is 23.0 Å². The van der Waals surface area contributed by atoms with Gasteiger partial charge in [0.25, 0.3) is 0 Å². The summed E-state index contributed by atoms with van der Waals surface area (Å²) in [5.74, 6) is 2.37. The van der Waals surface area contributed by atoms with Crippen LogP contribution < -0.4 is 29.4 Å².